The molecule has 31 heavy (non-hydrogen) atoms. The highest BCUT2D eigenvalue weighted by atomic mass is 19.4. The highest BCUT2D eigenvalue weighted by Gasteiger charge is 2.30. The van der Waals surface area contributed by atoms with Gasteiger partial charge < -0.3 is 19.1 Å². The van der Waals surface area contributed by atoms with Crippen LogP contribution in [0.2, 0.25) is 0 Å². The van der Waals surface area contributed by atoms with Crippen molar-refractivity contribution in [2.24, 2.45) is 0 Å². The molecule has 1 aliphatic heterocycles. The molecular weight excluding hydrogens is 415 g/mol. The van der Waals surface area contributed by atoms with Crippen molar-refractivity contribution in [2.45, 2.75) is 12.8 Å². The van der Waals surface area contributed by atoms with Crippen molar-refractivity contribution in [3.63, 3.8) is 0 Å². The van der Waals surface area contributed by atoms with E-state index in [0.717, 1.165) is 12.1 Å². The molecule has 0 N–H and O–H groups in total. The van der Waals surface area contributed by atoms with E-state index in [4.69, 9.17) is 9.26 Å². The topological polar surface area (TPSA) is 84.6 Å². The Morgan fingerprint density at radius 1 is 1.06 bits per heavy atom. The fourth-order valence-corrected chi connectivity index (χ4v) is 3.12. The number of carbonyl (C=O) groups excluding carboxylic acids is 1. The Kier molecular flexibility index (Phi) is 5.74. The number of anilines is 1. The molecule has 0 spiro atoms. The van der Waals surface area contributed by atoms with Crippen LogP contribution in [0.15, 0.2) is 53.3 Å². The van der Waals surface area contributed by atoms with Crippen LogP contribution in [0.25, 0.3) is 0 Å². The second-order valence-electron chi connectivity index (χ2n) is 6.82. The van der Waals surface area contributed by atoms with E-state index in [-0.39, 0.29) is 29.7 Å². The maximum Gasteiger partial charge on any atom is 0.416 e. The molecule has 1 saturated heterocycles. The average Bonchev–Trinajstić information content (AvgIpc) is 3.27. The van der Waals surface area contributed by atoms with E-state index in [1.807, 2.05) is 4.90 Å². The lowest BCUT2D eigenvalue weighted by atomic mass is 10.2. The number of hydrogen-bond acceptors (Lipinski definition) is 7. The molecule has 0 saturated carbocycles. The highest BCUT2D eigenvalue weighted by molar-refractivity contribution is 5.92. The molecule has 1 fully saturated rings. The zero-order chi connectivity index (χ0) is 21.8. The number of rotatable bonds is 5. The van der Waals surface area contributed by atoms with Gasteiger partial charge in [-0.1, -0.05) is 11.2 Å². The Balaban J connectivity index is 1.32. The molecule has 11 heteroatoms. The Labute approximate surface area is 175 Å². The summed E-state index contributed by atoms with van der Waals surface area (Å²) < 4.78 is 48.8. The second kappa shape index (κ2) is 8.62. The summed E-state index contributed by atoms with van der Waals surface area (Å²) in [5.41, 5.74) is -0.689. The van der Waals surface area contributed by atoms with Gasteiger partial charge in [-0.15, -0.1) is 0 Å². The molecule has 4 rings (SSSR count). The third-order valence-electron chi connectivity index (χ3n) is 4.72. The number of hydrogen-bond donors (Lipinski definition) is 0. The van der Waals surface area contributed by atoms with E-state index in [2.05, 4.69) is 15.1 Å². The van der Waals surface area contributed by atoms with Gasteiger partial charge in [-0.3, -0.25) is 4.79 Å². The molecule has 0 aliphatic carbocycles. The molecule has 0 atom stereocenters. The van der Waals surface area contributed by atoms with Gasteiger partial charge in [0.15, 0.2) is 11.5 Å². The van der Waals surface area contributed by atoms with Crippen molar-refractivity contribution in [2.75, 3.05) is 31.1 Å². The molecule has 2 aromatic heterocycles. The summed E-state index contributed by atoms with van der Waals surface area (Å²) in [5, 5.41) is 3.77. The number of ether oxygens (including phenoxy) is 1. The summed E-state index contributed by atoms with van der Waals surface area (Å²) in [6, 6.07) is 7.70. The number of carbonyl (C=O) groups is 1. The van der Waals surface area contributed by atoms with Crippen molar-refractivity contribution in [1.82, 2.24) is 20.0 Å². The van der Waals surface area contributed by atoms with Gasteiger partial charge in [0.05, 0.1) is 5.56 Å². The number of halogens is 3. The van der Waals surface area contributed by atoms with Crippen LogP contribution in [-0.2, 0) is 12.8 Å². The minimum absolute atomic E-state index is 0.0401. The Morgan fingerprint density at radius 2 is 1.81 bits per heavy atom. The van der Waals surface area contributed by atoms with Gasteiger partial charge in [0, 0.05) is 44.6 Å². The van der Waals surface area contributed by atoms with Gasteiger partial charge in [0.1, 0.15) is 12.4 Å². The first kappa shape index (κ1) is 20.6. The first-order valence-corrected chi connectivity index (χ1v) is 9.47. The minimum atomic E-state index is -4.46. The summed E-state index contributed by atoms with van der Waals surface area (Å²) in [7, 11) is 0. The molecule has 0 radical (unpaired) electrons. The monoisotopic (exact) mass is 433 g/mol. The van der Waals surface area contributed by atoms with Crippen LogP contribution in [-0.4, -0.2) is 52.1 Å². The molecule has 0 unspecified atom stereocenters. The summed E-state index contributed by atoms with van der Waals surface area (Å²) in [6.45, 7) is 1.96. The largest absolute Gasteiger partial charge is 0.486 e. The Morgan fingerprint density at radius 3 is 2.52 bits per heavy atom. The summed E-state index contributed by atoms with van der Waals surface area (Å²) in [6.07, 6.45) is -1.13. The zero-order valence-electron chi connectivity index (χ0n) is 16.2. The second-order valence-corrected chi connectivity index (χ2v) is 6.82. The van der Waals surface area contributed by atoms with Crippen LogP contribution in [0, 0.1) is 0 Å². The number of piperazine rings is 1. The van der Waals surface area contributed by atoms with E-state index in [9.17, 15) is 18.0 Å². The zero-order valence-corrected chi connectivity index (χ0v) is 16.2. The summed E-state index contributed by atoms with van der Waals surface area (Å²) >= 11 is 0. The van der Waals surface area contributed by atoms with Crippen molar-refractivity contribution < 1.29 is 27.2 Å². The molecule has 1 aliphatic rings. The maximum absolute atomic E-state index is 12.8. The van der Waals surface area contributed by atoms with Crippen molar-refractivity contribution in [3.8, 4) is 5.75 Å². The fraction of sp³-hybridized carbons (Fsp3) is 0.300. The summed E-state index contributed by atoms with van der Waals surface area (Å²) in [5.74, 6) is 0.600. The number of benzene rings is 1. The van der Waals surface area contributed by atoms with Crippen LogP contribution in [0.4, 0.5) is 19.1 Å². The molecular formula is C20H18F3N5O3. The van der Waals surface area contributed by atoms with E-state index in [0.29, 0.717) is 32.1 Å². The molecule has 1 aromatic carbocycles. The third-order valence-corrected chi connectivity index (χ3v) is 4.72. The first-order valence-electron chi connectivity index (χ1n) is 9.47. The lowest BCUT2D eigenvalue weighted by Gasteiger charge is -2.34. The predicted molar refractivity (Wildman–Crippen MR) is 102 cm³/mol. The standard InChI is InChI=1S/C20H18F3N5O3/c21-20(22,23)14-3-1-4-15(11-14)30-13-16-12-17(26-31-16)18(29)27-7-9-28(10-8-27)19-24-5-2-6-25-19/h1-6,11-12H,7-10,13H2. The number of aromatic nitrogens is 3. The van der Waals surface area contributed by atoms with Gasteiger partial charge in [0.2, 0.25) is 5.95 Å². The van der Waals surface area contributed by atoms with Crippen LogP contribution in [0.3, 0.4) is 0 Å². The van der Waals surface area contributed by atoms with Crippen molar-refractivity contribution in [1.29, 1.82) is 0 Å². The van der Waals surface area contributed by atoms with Crippen LogP contribution < -0.4 is 9.64 Å². The van der Waals surface area contributed by atoms with Gasteiger partial charge in [0.25, 0.3) is 5.91 Å². The molecule has 3 aromatic rings. The SMILES string of the molecule is O=C(c1cc(COc2cccc(C(F)(F)F)c2)on1)N1CCN(c2ncccn2)CC1. The number of alkyl halides is 3. The lowest BCUT2D eigenvalue weighted by molar-refractivity contribution is -0.137. The molecule has 0 bridgehead atoms. The van der Waals surface area contributed by atoms with Crippen LogP contribution >= 0.6 is 0 Å². The third kappa shape index (κ3) is 4.93. The fourth-order valence-electron chi connectivity index (χ4n) is 3.12. The van der Waals surface area contributed by atoms with Crippen LogP contribution in [0.5, 0.6) is 5.75 Å². The first-order chi connectivity index (χ1) is 14.9. The molecule has 8 nitrogen and oxygen atoms in total. The highest BCUT2D eigenvalue weighted by Crippen LogP contribution is 2.31. The van der Waals surface area contributed by atoms with Gasteiger partial charge in [-0.05, 0) is 24.3 Å². The van der Waals surface area contributed by atoms with Gasteiger partial charge in [-0.25, -0.2) is 9.97 Å². The van der Waals surface area contributed by atoms with E-state index >= 15 is 0 Å². The van der Waals surface area contributed by atoms with Gasteiger partial charge in [-0.2, -0.15) is 13.2 Å². The summed E-state index contributed by atoms with van der Waals surface area (Å²) in [4.78, 5) is 24.7. The van der Waals surface area contributed by atoms with Crippen molar-refractivity contribution >= 4 is 11.9 Å². The smallest absolute Gasteiger partial charge is 0.416 e. The Bertz CT molecular complexity index is 1030. The predicted octanol–water partition coefficient (Wildman–Crippen LogP) is 3.02. The number of amides is 1. The normalized spacial score (nSPS) is 14.5. The maximum atomic E-state index is 12.8. The number of nitrogens with zero attached hydrogens (tertiary/aromatic N) is 5. The van der Waals surface area contributed by atoms with Gasteiger partial charge >= 0.3 is 6.18 Å². The van der Waals surface area contributed by atoms with E-state index in [1.165, 1.54) is 18.2 Å². The van der Waals surface area contributed by atoms with E-state index < -0.39 is 11.7 Å². The quantitative estimate of drug-likeness (QED) is 0.612. The minimum Gasteiger partial charge on any atom is -0.486 e. The molecule has 162 valence electrons. The average molecular weight is 433 g/mol. The Hall–Kier alpha value is -3.63. The molecule has 3 heterocycles. The molecule has 1 amide bonds. The van der Waals surface area contributed by atoms with E-state index in [1.54, 1.807) is 23.4 Å². The van der Waals surface area contributed by atoms with Crippen LogP contribution in [0.1, 0.15) is 21.8 Å². The lowest BCUT2D eigenvalue weighted by Crippen LogP contribution is -2.49. The van der Waals surface area contributed by atoms with Crippen molar-refractivity contribution in [3.05, 3.63) is 65.8 Å².